The molecule has 1 aliphatic heterocycles. The molecule has 2 N–H and O–H groups in total. The Balaban J connectivity index is 2.47. The summed E-state index contributed by atoms with van der Waals surface area (Å²) in [4.78, 5) is 24.3. The molecular weight excluding hydrogens is 220 g/mol. The second-order valence-corrected chi connectivity index (χ2v) is 4.66. The van der Waals surface area contributed by atoms with Crippen LogP contribution in [0.3, 0.4) is 0 Å². The molecule has 1 unspecified atom stereocenters. The van der Waals surface area contributed by atoms with Crippen LogP contribution < -0.4 is 5.32 Å². The molecule has 1 amide bonds. The lowest BCUT2D eigenvalue weighted by Gasteiger charge is -2.27. The molecule has 5 nitrogen and oxygen atoms in total. The number of carbonyl (C=O) groups excluding carboxylic acids is 1. The molecule has 1 atom stereocenters. The van der Waals surface area contributed by atoms with Crippen molar-refractivity contribution in [1.29, 1.82) is 0 Å². The molecule has 0 bridgehead atoms. The number of amides is 1. The molecule has 0 spiro atoms. The van der Waals surface area contributed by atoms with Gasteiger partial charge in [-0.1, -0.05) is 6.92 Å². The SMILES string of the molecule is CCC(C(=O)O)N(C)C(=O)CC1CCNCC1. The molecule has 5 heteroatoms. The van der Waals surface area contributed by atoms with Gasteiger partial charge in [-0.2, -0.15) is 0 Å². The lowest BCUT2D eigenvalue weighted by molar-refractivity contribution is -0.149. The van der Waals surface area contributed by atoms with Crippen molar-refractivity contribution in [3.8, 4) is 0 Å². The van der Waals surface area contributed by atoms with Gasteiger partial charge in [0, 0.05) is 13.5 Å². The minimum atomic E-state index is -0.923. The van der Waals surface area contributed by atoms with E-state index in [1.165, 1.54) is 4.90 Å². The van der Waals surface area contributed by atoms with E-state index in [2.05, 4.69) is 5.32 Å². The van der Waals surface area contributed by atoms with E-state index in [9.17, 15) is 9.59 Å². The Morgan fingerprint density at radius 2 is 2.00 bits per heavy atom. The van der Waals surface area contributed by atoms with Crippen LogP contribution in [0.2, 0.25) is 0 Å². The van der Waals surface area contributed by atoms with Crippen molar-refractivity contribution in [1.82, 2.24) is 10.2 Å². The number of carboxylic acid groups (broad SMARTS) is 1. The van der Waals surface area contributed by atoms with Crippen LogP contribution in [0.5, 0.6) is 0 Å². The maximum absolute atomic E-state index is 12.0. The van der Waals surface area contributed by atoms with Gasteiger partial charge >= 0.3 is 5.97 Å². The minimum Gasteiger partial charge on any atom is -0.480 e. The molecule has 98 valence electrons. The molecule has 0 aliphatic carbocycles. The second kappa shape index (κ2) is 6.59. The number of rotatable bonds is 5. The maximum Gasteiger partial charge on any atom is 0.326 e. The number of nitrogens with one attached hydrogen (secondary N) is 1. The van der Waals surface area contributed by atoms with Crippen molar-refractivity contribution in [3.05, 3.63) is 0 Å². The second-order valence-electron chi connectivity index (χ2n) is 4.66. The fourth-order valence-electron chi connectivity index (χ4n) is 2.26. The van der Waals surface area contributed by atoms with Gasteiger partial charge < -0.3 is 15.3 Å². The third kappa shape index (κ3) is 4.00. The molecule has 0 aromatic rings. The Morgan fingerprint density at radius 1 is 1.41 bits per heavy atom. The zero-order chi connectivity index (χ0) is 12.8. The number of carbonyl (C=O) groups is 2. The average molecular weight is 242 g/mol. The molecule has 1 rings (SSSR count). The first kappa shape index (κ1) is 14.0. The topological polar surface area (TPSA) is 69.6 Å². The van der Waals surface area contributed by atoms with E-state index < -0.39 is 12.0 Å². The number of nitrogens with zero attached hydrogens (tertiary/aromatic N) is 1. The molecule has 17 heavy (non-hydrogen) atoms. The van der Waals surface area contributed by atoms with E-state index in [1.807, 2.05) is 0 Å². The maximum atomic E-state index is 12.0. The van der Waals surface area contributed by atoms with E-state index in [4.69, 9.17) is 5.11 Å². The van der Waals surface area contributed by atoms with Crippen LogP contribution in [0.1, 0.15) is 32.6 Å². The molecule has 1 saturated heterocycles. The van der Waals surface area contributed by atoms with Crippen molar-refractivity contribution < 1.29 is 14.7 Å². The molecule has 1 aliphatic rings. The van der Waals surface area contributed by atoms with Gasteiger partial charge in [0.2, 0.25) is 5.91 Å². The highest BCUT2D eigenvalue weighted by atomic mass is 16.4. The van der Waals surface area contributed by atoms with Crippen LogP contribution >= 0.6 is 0 Å². The van der Waals surface area contributed by atoms with Gasteiger partial charge in [-0.15, -0.1) is 0 Å². The molecular formula is C12H22N2O3. The molecule has 0 aromatic heterocycles. The number of hydrogen-bond acceptors (Lipinski definition) is 3. The largest absolute Gasteiger partial charge is 0.480 e. The molecule has 1 fully saturated rings. The smallest absolute Gasteiger partial charge is 0.326 e. The van der Waals surface area contributed by atoms with Crippen LogP contribution in [-0.2, 0) is 9.59 Å². The van der Waals surface area contributed by atoms with Crippen molar-refractivity contribution in [3.63, 3.8) is 0 Å². The van der Waals surface area contributed by atoms with Gasteiger partial charge in [-0.3, -0.25) is 4.79 Å². The monoisotopic (exact) mass is 242 g/mol. The minimum absolute atomic E-state index is 0.0499. The normalized spacial score (nSPS) is 18.7. The number of hydrogen-bond donors (Lipinski definition) is 2. The zero-order valence-electron chi connectivity index (χ0n) is 10.6. The molecule has 0 aromatic carbocycles. The quantitative estimate of drug-likeness (QED) is 0.744. The fraction of sp³-hybridized carbons (Fsp3) is 0.833. The van der Waals surface area contributed by atoms with Crippen LogP contribution in [0.25, 0.3) is 0 Å². The van der Waals surface area contributed by atoms with E-state index >= 15 is 0 Å². The Hall–Kier alpha value is -1.10. The lowest BCUT2D eigenvalue weighted by Crippen LogP contribution is -2.43. The summed E-state index contributed by atoms with van der Waals surface area (Å²) in [6.45, 7) is 3.70. The van der Waals surface area contributed by atoms with E-state index in [0.717, 1.165) is 25.9 Å². The van der Waals surface area contributed by atoms with Crippen LogP contribution in [0.15, 0.2) is 0 Å². The summed E-state index contributed by atoms with van der Waals surface area (Å²) in [7, 11) is 1.59. The number of piperidine rings is 1. The molecule has 0 radical (unpaired) electrons. The number of carboxylic acids is 1. The van der Waals surface area contributed by atoms with Crippen molar-refractivity contribution in [2.75, 3.05) is 20.1 Å². The molecule has 1 heterocycles. The van der Waals surface area contributed by atoms with Crippen LogP contribution in [0, 0.1) is 5.92 Å². The van der Waals surface area contributed by atoms with Crippen molar-refractivity contribution >= 4 is 11.9 Å². The Bertz CT molecular complexity index is 275. The molecule has 0 saturated carbocycles. The van der Waals surface area contributed by atoms with Gasteiger partial charge in [0.1, 0.15) is 6.04 Å². The highest BCUT2D eigenvalue weighted by Crippen LogP contribution is 2.18. The Labute approximate surface area is 102 Å². The van der Waals surface area contributed by atoms with E-state index in [-0.39, 0.29) is 5.91 Å². The number of aliphatic carboxylic acids is 1. The third-order valence-electron chi connectivity index (χ3n) is 3.45. The summed E-state index contributed by atoms with van der Waals surface area (Å²) in [5, 5.41) is 12.2. The fourth-order valence-corrected chi connectivity index (χ4v) is 2.26. The van der Waals surface area contributed by atoms with Gasteiger partial charge in [-0.25, -0.2) is 4.79 Å². The first-order valence-corrected chi connectivity index (χ1v) is 6.25. The first-order chi connectivity index (χ1) is 8.06. The van der Waals surface area contributed by atoms with Gasteiger partial charge in [-0.05, 0) is 38.3 Å². The third-order valence-corrected chi connectivity index (χ3v) is 3.45. The van der Waals surface area contributed by atoms with Crippen LogP contribution in [0.4, 0.5) is 0 Å². The Morgan fingerprint density at radius 3 is 2.47 bits per heavy atom. The zero-order valence-corrected chi connectivity index (χ0v) is 10.6. The van der Waals surface area contributed by atoms with E-state index in [0.29, 0.717) is 18.8 Å². The predicted molar refractivity (Wildman–Crippen MR) is 64.7 cm³/mol. The van der Waals surface area contributed by atoms with Gasteiger partial charge in [0.25, 0.3) is 0 Å². The summed E-state index contributed by atoms with van der Waals surface area (Å²) in [5.41, 5.74) is 0. The average Bonchev–Trinajstić information content (AvgIpc) is 2.30. The first-order valence-electron chi connectivity index (χ1n) is 6.25. The van der Waals surface area contributed by atoms with E-state index in [1.54, 1.807) is 14.0 Å². The standard InChI is InChI=1S/C12H22N2O3/c1-3-10(12(16)17)14(2)11(15)8-9-4-6-13-7-5-9/h9-10,13H,3-8H2,1-2H3,(H,16,17). The summed E-state index contributed by atoms with van der Waals surface area (Å²) in [5.74, 6) is -0.572. The van der Waals surface area contributed by atoms with Gasteiger partial charge in [0.05, 0.1) is 0 Å². The summed E-state index contributed by atoms with van der Waals surface area (Å²) in [6, 6.07) is -0.691. The highest BCUT2D eigenvalue weighted by Gasteiger charge is 2.26. The highest BCUT2D eigenvalue weighted by molar-refractivity contribution is 5.83. The summed E-state index contributed by atoms with van der Waals surface area (Å²) >= 11 is 0. The number of likely N-dealkylation sites (N-methyl/N-ethyl adjacent to an activating group) is 1. The van der Waals surface area contributed by atoms with Crippen molar-refractivity contribution in [2.24, 2.45) is 5.92 Å². The predicted octanol–water partition coefficient (Wildman–Crippen LogP) is 0.698. The lowest BCUT2D eigenvalue weighted by atomic mass is 9.94. The summed E-state index contributed by atoms with van der Waals surface area (Å²) < 4.78 is 0. The van der Waals surface area contributed by atoms with Crippen molar-refractivity contribution in [2.45, 2.75) is 38.6 Å². The van der Waals surface area contributed by atoms with Gasteiger partial charge in [0.15, 0.2) is 0 Å². The summed E-state index contributed by atoms with van der Waals surface area (Å²) in [6.07, 6.45) is 2.93. The van der Waals surface area contributed by atoms with Crippen LogP contribution in [-0.4, -0.2) is 48.1 Å². The Kier molecular flexibility index (Phi) is 5.41.